The largest absolute Gasteiger partial charge is 0.478 e. The van der Waals surface area contributed by atoms with Gasteiger partial charge >= 0.3 is 5.97 Å². The molecule has 3 aromatic rings. The van der Waals surface area contributed by atoms with Gasteiger partial charge in [-0.1, -0.05) is 30.3 Å². The van der Waals surface area contributed by atoms with Crippen molar-refractivity contribution >= 4 is 27.6 Å². The molecule has 0 radical (unpaired) electrons. The van der Waals surface area contributed by atoms with Crippen molar-refractivity contribution in [1.82, 2.24) is 4.31 Å². The Kier molecular flexibility index (Phi) is 7.43. The van der Waals surface area contributed by atoms with Crippen LogP contribution in [0.2, 0.25) is 0 Å². The fraction of sp³-hybridized carbons (Fsp3) is 0.125. The second kappa shape index (κ2) is 10.3. The molecular weight excluding hydrogens is 458 g/mol. The van der Waals surface area contributed by atoms with Gasteiger partial charge in [0.15, 0.2) is 0 Å². The molecule has 1 atom stereocenters. The number of carboxylic acids is 1. The quantitative estimate of drug-likeness (QED) is 0.450. The van der Waals surface area contributed by atoms with Gasteiger partial charge in [0.2, 0.25) is 10.0 Å². The molecule has 0 bridgehead atoms. The number of aromatic carboxylic acids is 1. The number of hydrogen-bond acceptors (Lipinski definition) is 6. The highest BCUT2D eigenvalue weighted by Crippen LogP contribution is 2.22. The Hall–Kier alpha value is -4.04. The number of likely N-dealkylation sites (N-methyl/N-ethyl adjacent to an activating group) is 1. The first-order valence-corrected chi connectivity index (χ1v) is 11.5. The zero-order valence-corrected chi connectivity index (χ0v) is 18.9. The first-order chi connectivity index (χ1) is 16.1. The summed E-state index contributed by atoms with van der Waals surface area (Å²) in [4.78, 5) is 23.9. The number of nitrogens with one attached hydrogen (secondary N) is 1. The summed E-state index contributed by atoms with van der Waals surface area (Å²) in [5.74, 6) is -1.96. The van der Waals surface area contributed by atoms with Crippen molar-refractivity contribution in [2.75, 3.05) is 18.9 Å². The minimum atomic E-state index is -3.94. The molecule has 3 aromatic carbocycles. The van der Waals surface area contributed by atoms with E-state index >= 15 is 0 Å². The number of carbonyl (C=O) groups is 2. The van der Waals surface area contributed by atoms with E-state index in [4.69, 9.17) is 5.26 Å². The molecule has 0 aliphatic rings. The Labute approximate surface area is 196 Å². The van der Waals surface area contributed by atoms with Crippen molar-refractivity contribution in [3.05, 3.63) is 95.1 Å². The highest BCUT2D eigenvalue weighted by atomic mass is 32.2. The lowest BCUT2D eigenvalue weighted by Gasteiger charge is -2.21. The smallest absolute Gasteiger partial charge is 0.337 e. The average molecular weight is 480 g/mol. The molecule has 9 nitrogen and oxygen atoms in total. The number of hydrogen-bond donors (Lipinski definition) is 3. The number of aliphatic hydroxyl groups is 1. The van der Waals surface area contributed by atoms with Crippen molar-refractivity contribution in [2.45, 2.75) is 11.0 Å². The van der Waals surface area contributed by atoms with E-state index in [0.717, 1.165) is 10.4 Å². The van der Waals surface area contributed by atoms with Crippen molar-refractivity contribution < 1.29 is 28.2 Å². The third kappa shape index (κ3) is 5.47. The first kappa shape index (κ1) is 24.6. The van der Waals surface area contributed by atoms with Crippen LogP contribution in [-0.4, -0.2) is 48.4 Å². The van der Waals surface area contributed by atoms with E-state index in [9.17, 15) is 28.2 Å². The van der Waals surface area contributed by atoms with Gasteiger partial charge in [-0.3, -0.25) is 4.79 Å². The molecule has 0 spiro atoms. The molecule has 1 amide bonds. The van der Waals surface area contributed by atoms with E-state index in [2.05, 4.69) is 5.32 Å². The molecule has 3 N–H and O–H groups in total. The van der Waals surface area contributed by atoms with Gasteiger partial charge in [-0.05, 0) is 48.0 Å². The second-order valence-electron chi connectivity index (χ2n) is 7.37. The SMILES string of the molecule is CN(CC(O)c1ccccc1)S(=O)(=O)c1ccc(C(=O)Nc2ccc(C#N)cc2C(=O)O)cc1. The van der Waals surface area contributed by atoms with Crippen LogP contribution in [-0.2, 0) is 10.0 Å². The molecule has 34 heavy (non-hydrogen) atoms. The van der Waals surface area contributed by atoms with Gasteiger partial charge < -0.3 is 15.5 Å². The van der Waals surface area contributed by atoms with E-state index in [1.165, 1.54) is 43.4 Å². The summed E-state index contributed by atoms with van der Waals surface area (Å²) in [6.07, 6.45) is -1.01. The van der Waals surface area contributed by atoms with Gasteiger partial charge in [0.1, 0.15) is 0 Å². The van der Waals surface area contributed by atoms with E-state index in [0.29, 0.717) is 5.56 Å². The van der Waals surface area contributed by atoms with Gasteiger partial charge in [0.25, 0.3) is 5.91 Å². The fourth-order valence-electron chi connectivity index (χ4n) is 3.17. The van der Waals surface area contributed by atoms with Crippen LogP contribution < -0.4 is 5.32 Å². The molecule has 0 aliphatic carbocycles. The van der Waals surface area contributed by atoms with Gasteiger partial charge in [-0.2, -0.15) is 9.57 Å². The first-order valence-electron chi connectivity index (χ1n) is 10.0. The average Bonchev–Trinajstić information content (AvgIpc) is 2.84. The number of carbonyl (C=O) groups excluding carboxylic acids is 1. The number of sulfonamides is 1. The van der Waals surface area contributed by atoms with Crippen LogP contribution >= 0.6 is 0 Å². The molecule has 0 aromatic heterocycles. The van der Waals surface area contributed by atoms with Crippen molar-refractivity contribution in [2.24, 2.45) is 0 Å². The van der Waals surface area contributed by atoms with E-state index in [1.807, 2.05) is 6.07 Å². The third-order valence-electron chi connectivity index (χ3n) is 5.07. The summed E-state index contributed by atoms with van der Waals surface area (Å²) in [7, 11) is -2.59. The van der Waals surface area contributed by atoms with Crippen LogP contribution in [0, 0.1) is 11.3 Å². The monoisotopic (exact) mass is 479 g/mol. The van der Waals surface area contributed by atoms with Gasteiger partial charge in [-0.15, -0.1) is 0 Å². The molecule has 174 valence electrons. The normalized spacial score (nSPS) is 12.1. The lowest BCUT2D eigenvalue weighted by molar-refractivity contribution is 0.0698. The Morgan fingerprint density at radius 3 is 2.29 bits per heavy atom. The molecule has 0 saturated heterocycles. The fourth-order valence-corrected chi connectivity index (χ4v) is 4.35. The predicted molar refractivity (Wildman–Crippen MR) is 124 cm³/mol. The maximum Gasteiger partial charge on any atom is 0.337 e. The van der Waals surface area contributed by atoms with Gasteiger partial charge in [-0.25, -0.2) is 13.2 Å². The number of benzene rings is 3. The summed E-state index contributed by atoms with van der Waals surface area (Å²) in [6.45, 7) is -0.161. The zero-order valence-electron chi connectivity index (χ0n) is 18.0. The van der Waals surface area contributed by atoms with E-state index in [-0.39, 0.29) is 33.8 Å². The Bertz CT molecular complexity index is 1350. The summed E-state index contributed by atoms with van der Waals surface area (Å²) in [5.41, 5.74) is 0.575. The van der Waals surface area contributed by atoms with Crippen LogP contribution in [0.1, 0.15) is 37.9 Å². The van der Waals surface area contributed by atoms with Crippen molar-refractivity contribution in [1.29, 1.82) is 5.26 Å². The highest BCUT2D eigenvalue weighted by molar-refractivity contribution is 7.89. The Balaban J connectivity index is 1.74. The summed E-state index contributed by atoms with van der Waals surface area (Å²) >= 11 is 0. The number of carboxylic acid groups (broad SMARTS) is 1. The summed E-state index contributed by atoms with van der Waals surface area (Å²) < 4.78 is 26.8. The lowest BCUT2D eigenvalue weighted by Crippen LogP contribution is -2.31. The standard InChI is InChI=1S/C24H21N3O6S/c1-27(15-22(28)17-5-3-2-4-6-17)34(32,33)19-10-8-18(9-11-19)23(29)26-21-12-7-16(14-25)13-20(21)24(30)31/h2-13,22,28H,15H2,1H3,(H,26,29)(H,30,31). The molecule has 3 rings (SSSR count). The number of nitrogens with zero attached hydrogens (tertiary/aromatic N) is 2. The minimum Gasteiger partial charge on any atom is -0.478 e. The highest BCUT2D eigenvalue weighted by Gasteiger charge is 2.24. The molecule has 0 aliphatic heterocycles. The topological polar surface area (TPSA) is 148 Å². The van der Waals surface area contributed by atoms with Gasteiger partial charge in [0.05, 0.1) is 33.9 Å². The van der Waals surface area contributed by atoms with Crippen LogP contribution in [0.15, 0.2) is 77.7 Å². The molecule has 0 fully saturated rings. The van der Waals surface area contributed by atoms with Crippen LogP contribution in [0.4, 0.5) is 5.69 Å². The molecule has 1 unspecified atom stereocenters. The number of rotatable bonds is 8. The van der Waals surface area contributed by atoms with E-state index < -0.39 is 28.0 Å². The van der Waals surface area contributed by atoms with Crippen molar-refractivity contribution in [3.8, 4) is 6.07 Å². The number of aliphatic hydroxyl groups excluding tert-OH is 1. The van der Waals surface area contributed by atoms with E-state index in [1.54, 1.807) is 30.3 Å². The molecule has 10 heteroatoms. The summed E-state index contributed by atoms with van der Waals surface area (Å²) in [5, 5.41) is 31.1. The maximum absolute atomic E-state index is 12.9. The zero-order chi connectivity index (χ0) is 24.9. The number of amides is 1. The summed E-state index contributed by atoms with van der Waals surface area (Å²) in [6, 6.07) is 19.4. The third-order valence-corrected chi connectivity index (χ3v) is 6.90. The van der Waals surface area contributed by atoms with Crippen LogP contribution in [0.25, 0.3) is 0 Å². The van der Waals surface area contributed by atoms with Crippen molar-refractivity contribution in [3.63, 3.8) is 0 Å². The molecule has 0 heterocycles. The minimum absolute atomic E-state index is 0.00262. The molecule has 0 saturated carbocycles. The Morgan fingerprint density at radius 1 is 1.06 bits per heavy atom. The Morgan fingerprint density at radius 2 is 1.71 bits per heavy atom. The number of anilines is 1. The predicted octanol–water partition coefficient (Wildman–Crippen LogP) is 2.86. The van der Waals surface area contributed by atoms with Crippen LogP contribution in [0.3, 0.4) is 0 Å². The maximum atomic E-state index is 12.9. The van der Waals surface area contributed by atoms with Crippen LogP contribution in [0.5, 0.6) is 0 Å². The lowest BCUT2D eigenvalue weighted by atomic mass is 10.1. The van der Waals surface area contributed by atoms with Gasteiger partial charge in [0, 0.05) is 19.2 Å². The number of nitriles is 1. The second-order valence-corrected chi connectivity index (χ2v) is 9.41. The molecular formula is C24H21N3O6S.